The highest BCUT2D eigenvalue weighted by Gasteiger charge is 2.42. The highest BCUT2D eigenvalue weighted by Crippen LogP contribution is 2.44. The number of alkyl halides is 3. The Bertz CT molecular complexity index is 932. The van der Waals surface area contributed by atoms with E-state index in [2.05, 4.69) is 15.3 Å². The second kappa shape index (κ2) is 7.68. The maximum Gasteiger partial charge on any atom is 0.435 e. The lowest BCUT2D eigenvalue weighted by Crippen LogP contribution is -2.18. The molecule has 4 nitrogen and oxygen atoms in total. The van der Waals surface area contributed by atoms with Crippen molar-refractivity contribution in [3.05, 3.63) is 53.5 Å². The fourth-order valence-electron chi connectivity index (χ4n) is 2.16. The molecular formula is C16H11F3N4S3. The first-order chi connectivity index (χ1) is 12.4. The Balaban J connectivity index is 2.23. The molecule has 2 aromatic heterocycles. The highest BCUT2D eigenvalue weighted by molar-refractivity contribution is 8.22. The van der Waals surface area contributed by atoms with Gasteiger partial charge in [-0.2, -0.15) is 23.4 Å². The van der Waals surface area contributed by atoms with Gasteiger partial charge in [-0.25, -0.2) is 4.68 Å². The first kappa shape index (κ1) is 18.7. The van der Waals surface area contributed by atoms with Crippen molar-refractivity contribution in [1.29, 1.82) is 0 Å². The van der Waals surface area contributed by atoms with E-state index in [0.29, 0.717) is 15.2 Å². The van der Waals surface area contributed by atoms with Crippen molar-refractivity contribution in [2.24, 2.45) is 10.2 Å². The van der Waals surface area contributed by atoms with Gasteiger partial charge in [-0.05, 0) is 29.8 Å². The molecule has 0 radical (unpaired) electrons. The van der Waals surface area contributed by atoms with Crippen LogP contribution in [0.2, 0.25) is 0 Å². The number of aromatic nitrogens is 2. The first-order valence-corrected chi connectivity index (χ1v) is 9.72. The van der Waals surface area contributed by atoms with E-state index >= 15 is 0 Å². The Morgan fingerprint density at radius 1 is 1.15 bits per heavy atom. The predicted octanol–water partition coefficient (Wildman–Crippen LogP) is 6.54. The zero-order valence-corrected chi connectivity index (χ0v) is 15.7. The number of hydrogen-bond acceptors (Lipinski definition) is 6. The quantitative estimate of drug-likeness (QED) is 0.362. The van der Waals surface area contributed by atoms with Crippen molar-refractivity contribution >= 4 is 51.0 Å². The lowest BCUT2D eigenvalue weighted by molar-refractivity contribution is -0.141. The summed E-state index contributed by atoms with van der Waals surface area (Å²) in [4.78, 5) is 0.556. The van der Waals surface area contributed by atoms with E-state index in [9.17, 15) is 13.2 Å². The summed E-state index contributed by atoms with van der Waals surface area (Å²) in [5.41, 5.74) is -0.832. The van der Waals surface area contributed by atoms with E-state index in [1.165, 1.54) is 11.3 Å². The van der Waals surface area contributed by atoms with Crippen molar-refractivity contribution < 1.29 is 13.2 Å². The molecule has 10 heteroatoms. The molecule has 3 aromatic rings. The third-order valence-corrected chi connectivity index (χ3v) is 5.32. The first-order valence-electron chi connectivity index (χ1n) is 7.21. The van der Waals surface area contributed by atoms with Crippen molar-refractivity contribution in [2.75, 3.05) is 6.26 Å². The van der Waals surface area contributed by atoms with Crippen molar-refractivity contribution in [3.8, 4) is 10.6 Å². The monoisotopic (exact) mass is 412 g/mol. The highest BCUT2D eigenvalue weighted by atomic mass is 32.2. The minimum absolute atomic E-state index is 0.0173. The van der Waals surface area contributed by atoms with Gasteiger partial charge in [0, 0.05) is 0 Å². The zero-order chi connectivity index (χ0) is 18.7. The summed E-state index contributed by atoms with van der Waals surface area (Å²) >= 11 is 7.33. The molecule has 0 saturated carbocycles. The Morgan fingerprint density at radius 3 is 2.46 bits per heavy atom. The van der Waals surface area contributed by atoms with Crippen LogP contribution in [0.3, 0.4) is 0 Å². The van der Waals surface area contributed by atoms with Gasteiger partial charge >= 0.3 is 6.18 Å². The van der Waals surface area contributed by atoms with E-state index in [-0.39, 0.29) is 15.7 Å². The van der Waals surface area contributed by atoms with Gasteiger partial charge < -0.3 is 0 Å². The number of benzene rings is 1. The second-order valence-electron chi connectivity index (χ2n) is 4.94. The summed E-state index contributed by atoms with van der Waals surface area (Å²) < 4.78 is 42.0. The van der Waals surface area contributed by atoms with Crippen LogP contribution in [-0.2, 0) is 6.18 Å². The standard InChI is InChI=1S/C16H11F3N4S3/c1-25-15(24)23-14(16(17,18)19)13(12(22-23)11-8-5-9-26-11)21-20-10-6-3-2-4-7-10/h2-9H,1H3. The van der Waals surface area contributed by atoms with E-state index < -0.39 is 11.9 Å². The molecule has 0 spiro atoms. The summed E-state index contributed by atoms with van der Waals surface area (Å²) in [7, 11) is 0. The minimum atomic E-state index is -4.69. The molecule has 0 aliphatic carbocycles. The zero-order valence-electron chi connectivity index (χ0n) is 13.3. The smallest absolute Gasteiger partial charge is 0.208 e. The largest absolute Gasteiger partial charge is 0.435 e. The second-order valence-corrected chi connectivity index (χ2v) is 7.33. The van der Waals surface area contributed by atoms with Crippen LogP contribution in [0.4, 0.5) is 24.5 Å². The maximum absolute atomic E-state index is 13.8. The van der Waals surface area contributed by atoms with Gasteiger partial charge in [-0.1, -0.05) is 48.2 Å². The van der Waals surface area contributed by atoms with E-state index in [0.717, 1.165) is 11.8 Å². The molecule has 3 rings (SSSR count). The number of nitrogens with zero attached hydrogens (tertiary/aromatic N) is 4. The van der Waals surface area contributed by atoms with Crippen LogP contribution in [0.25, 0.3) is 10.6 Å². The maximum atomic E-state index is 13.8. The summed E-state index contributed by atoms with van der Waals surface area (Å²) in [6, 6.07) is 12.0. The molecule has 0 saturated heterocycles. The summed E-state index contributed by atoms with van der Waals surface area (Å²) in [6.07, 6.45) is -3.09. The van der Waals surface area contributed by atoms with Crippen molar-refractivity contribution in [3.63, 3.8) is 0 Å². The van der Waals surface area contributed by atoms with Crippen LogP contribution < -0.4 is 0 Å². The normalized spacial score (nSPS) is 12.0. The average Bonchev–Trinajstić information content (AvgIpc) is 3.27. The Kier molecular flexibility index (Phi) is 5.54. The van der Waals surface area contributed by atoms with Crippen molar-refractivity contribution in [1.82, 2.24) is 9.78 Å². The molecule has 0 atom stereocenters. The van der Waals surface area contributed by atoms with Gasteiger partial charge in [-0.3, -0.25) is 0 Å². The average molecular weight is 412 g/mol. The molecule has 0 N–H and O–H groups in total. The van der Waals surface area contributed by atoms with Crippen LogP contribution in [0.5, 0.6) is 0 Å². The molecule has 26 heavy (non-hydrogen) atoms. The molecule has 2 heterocycles. The number of rotatable bonds is 3. The van der Waals surface area contributed by atoms with Crippen molar-refractivity contribution in [2.45, 2.75) is 6.18 Å². The number of thioether (sulfide) groups is 1. The molecule has 134 valence electrons. The number of azo groups is 1. The van der Waals surface area contributed by atoms with Crippen LogP contribution in [0, 0.1) is 0 Å². The molecule has 0 aliphatic heterocycles. The molecule has 0 aliphatic rings. The van der Waals surface area contributed by atoms with Crippen LogP contribution in [-0.4, -0.2) is 20.4 Å². The van der Waals surface area contributed by atoms with Gasteiger partial charge in [0.15, 0.2) is 10.0 Å². The number of thiocarbonyl (C=S) groups is 1. The topological polar surface area (TPSA) is 42.5 Å². The van der Waals surface area contributed by atoms with Gasteiger partial charge in [0.1, 0.15) is 11.4 Å². The third-order valence-electron chi connectivity index (χ3n) is 3.25. The van der Waals surface area contributed by atoms with E-state index in [1.807, 2.05) is 0 Å². The number of halogens is 3. The summed E-state index contributed by atoms with van der Waals surface area (Å²) in [5.74, 6) is 0. The number of hydrogen-bond donors (Lipinski definition) is 0. The van der Waals surface area contributed by atoms with E-state index in [4.69, 9.17) is 12.2 Å². The van der Waals surface area contributed by atoms with E-state index in [1.54, 1.807) is 54.1 Å². The fraction of sp³-hybridized carbons (Fsp3) is 0.125. The number of thiophene rings is 1. The summed E-state index contributed by atoms with van der Waals surface area (Å²) in [6.45, 7) is 0. The molecule has 1 aromatic carbocycles. The van der Waals surface area contributed by atoms with Crippen LogP contribution in [0.15, 0.2) is 58.1 Å². The van der Waals surface area contributed by atoms with Crippen LogP contribution in [0.1, 0.15) is 5.69 Å². The van der Waals surface area contributed by atoms with Crippen LogP contribution >= 0.6 is 35.3 Å². The SMILES string of the molecule is CSC(=S)n1nc(-c2cccs2)c(N=Nc2ccccc2)c1C(F)(F)F. The van der Waals surface area contributed by atoms with Gasteiger partial charge in [0.2, 0.25) is 0 Å². The third kappa shape index (κ3) is 3.87. The van der Waals surface area contributed by atoms with Gasteiger partial charge in [-0.15, -0.1) is 16.5 Å². The van der Waals surface area contributed by atoms with Gasteiger partial charge in [0.05, 0.1) is 10.6 Å². The predicted molar refractivity (Wildman–Crippen MR) is 103 cm³/mol. The molecule has 0 bridgehead atoms. The Hall–Kier alpha value is -2.04. The lowest BCUT2D eigenvalue weighted by atomic mass is 10.2. The molecule has 0 amide bonds. The lowest BCUT2D eigenvalue weighted by Gasteiger charge is -2.10. The fourth-order valence-corrected chi connectivity index (χ4v) is 3.31. The Labute approximate surface area is 160 Å². The summed E-state index contributed by atoms with van der Waals surface area (Å²) in [5, 5.41) is 13.7. The Morgan fingerprint density at radius 2 is 1.88 bits per heavy atom. The van der Waals surface area contributed by atoms with Gasteiger partial charge in [0.25, 0.3) is 0 Å². The molecule has 0 fully saturated rings. The molecule has 0 unspecified atom stereocenters. The minimum Gasteiger partial charge on any atom is -0.208 e. The molecular weight excluding hydrogens is 401 g/mol.